The summed E-state index contributed by atoms with van der Waals surface area (Å²) in [6, 6.07) is 19.1. The molecule has 0 bridgehead atoms. The molecule has 3 aromatic rings. The molecule has 166 valence electrons. The molecule has 0 unspecified atom stereocenters. The minimum absolute atomic E-state index is 0.131. The lowest BCUT2D eigenvalue weighted by Gasteiger charge is -2.18. The Hall–Kier alpha value is -3.44. The number of nitrogens with two attached hydrogens (primary N) is 1. The van der Waals surface area contributed by atoms with Crippen LogP contribution in [0.3, 0.4) is 0 Å². The van der Waals surface area contributed by atoms with Crippen molar-refractivity contribution in [2.45, 2.75) is 40.7 Å². The number of carbonyl (C=O) groups excluding carboxylic acids is 2. The average molecular weight is 431 g/mol. The number of quaternary nitrogens is 1. The fourth-order valence-corrected chi connectivity index (χ4v) is 3.93. The molecule has 1 atom stereocenters. The molecule has 3 aromatic carbocycles. The molecule has 0 aliphatic carbocycles. The van der Waals surface area contributed by atoms with Crippen molar-refractivity contribution < 1.29 is 14.9 Å². The van der Waals surface area contributed by atoms with Gasteiger partial charge in [-0.3, -0.25) is 9.59 Å². The van der Waals surface area contributed by atoms with Crippen LogP contribution < -0.4 is 16.0 Å². The van der Waals surface area contributed by atoms with Crippen molar-refractivity contribution in [2.24, 2.45) is 0 Å². The van der Waals surface area contributed by atoms with E-state index < -0.39 is 6.04 Å². The van der Waals surface area contributed by atoms with Gasteiger partial charge >= 0.3 is 0 Å². The minimum Gasteiger partial charge on any atom is -0.324 e. The average Bonchev–Trinajstić information content (AvgIpc) is 2.74. The number of benzene rings is 3. The smallest absolute Gasteiger partial charge is 0.287 e. The van der Waals surface area contributed by atoms with Crippen LogP contribution in [0.1, 0.15) is 39.4 Å². The van der Waals surface area contributed by atoms with Crippen molar-refractivity contribution in [3.8, 4) is 0 Å². The number of nitrogens with one attached hydrogen (secondary N) is 2. The zero-order chi connectivity index (χ0) is 23.3. The van der Waals surface area contributed by atoms with Gasteiger partial charge in [-0.25, -0.2) is 0 Å². The molecule has 0 heterocycles. The van der Waals surface area contributed by atoms with Crippen LogP contribution in [0.15, 0.2) is 60.7 Å². The molecule has 0 saturated heterocycles. The van der Waals surface area contributed by atoms with Crippen molar-refractivity contribution in [1.29, 1.82) is 0 Å². The van der Waals surface area contributed by atoms with Crippen LogP contribution in [0, 0.1) is 34.6 Å². The number of amides is 2. The summed E-state index contributed by atoms with van der Waals surface area (Å²) in [6.45, 7) is 10.1. The monoisotopic (exact) mass is 430 g/mol. The molecule has 3 rings (SSSR count). The standard InChI is InChI=1S/C27H31N3O2/c1-17-11-12-19(3)23(15-17)29-27(32)26(22-9-7-6-8-10-22)28-16-24(31)30-25-20(4)13-18(2)14-21(25)5/h6-15,26,28H,16H2,1-5H3,(H,29,32)(H,30,31)/p+1/t26-/m1/s1. The number of hydrogen-bond acceptors (Lipinski definition) is 2. The van der Waals surface area contributed by atoms with Crippen molar-refractivity contribution in [2.75, 3.05) is 17.2 Å². The molecule has 0 aromatic heterocycles. The summed E-state index contributed by atoms with van der Waals surface area (Å²) in [5, 5.41) is 7.84. The lowest BCUT2D eigenvalue weighted by molar-refractivity contribution is -0.671. The van der Waals surface area contributed by atoms with Crippen LogP contribution in [-0.2, 0) is 9.59 Å². The summed E-state index contributed by atoms with van der Waals surface area (Å²) in [4.78, 5) is 26.0. The highest BCUT2D eigenvalue weighted by Crippen LogP contribution is 2.22. The van der Waals surface area contributed by atoms with Crippen LogP contribution >= 0.6 is 0 Å². The zero-order valence-corrected chi connectivity index (χ0v) is 19.5. The predicted octanol–water partition coefficient (Wildman–Crippen LogP) is 4.11. The quantitative estimate of drug-likeness (QED) is 0.528. The molecule has 4 N–H and O–H groups in total. The summed E-state index contributed by atoms with van der Waals surface area (Å²) in [6.07, 6.45) is 0. The van der Waals surface area contributed by atoms with Gasteiger partial charge in [-0.05, 0) is 62.9 Å². The lowest BCUT2D eigenvalue weighted by atomic mass is 10.0. The maximum Gasteiger partial charge on any atom is 0.287 e. The number of carbonyl (C=O) groups is 2. The number of anilines is 2. The third-order valence-corrected chi connectivity index (χ3v) is 5.57. The molecule has 0 spiro atoms. The predicted molar refractivity (Wildman–Crippen MR) is 130 cm³/mol. The fraction of sp³-hybridized carbons (Fsp3) is 0.259. The highest BCUT2D eigenvalue weighted by Gasteiger charge is 2.26. The Bertz CT molecular complexity index is 1100. The molecule has 5 nitrogen and oxygen atoms in total. The number of aryl methyl sites for hydroxylation is 5. The van der Waals surface area contributed by atoms with E-state index >= 15 is 0 Å². The third-order valence-electron chi connectivity index (χ3n) is 5.57. The van der Waals surface area contributed by atoms with Gasteiger partial charge in [0.25, 0.3) is 11.8 Å². The van der Waals surface area contributed by atoms with E-state index in [1.54, 1.807) is 5.32 Å². The van der Waals surface area contributed by atoms with E-state index in [0.717, 1.165) is 44.8 Å². The molecule has 0 fully saturated rings. The Kier molecular flexibility index (Phi) is 7.44. The first-order valence-electron chi connectivity index (χ1n) is 10.9. The van der Waals surface area contributed by atoms with Crippen LogP contribution in [0.5, 0.6) is 0 Å². The van der Waals surface area contributed by atoms with Gasteiger partial charge in [0.1, 0.15) is 0 Å². The molecular weight excluding hydrogens is 398 g/mol. The van der Waals surface area contributed by atoms with Gasteiger partial charge in [0, 0.05) is 16.9 Å². The molecule has 0 radical (unpaired) electrons. The van der Waals surface area contributed by atoms with Crippen molar-refractivity contribution in [1.82, 2.24) is 0 Å². The largest absolute Gasteiger partial charge is 0.324 e. The number of hydrogen-bond donors (Lipinski definition) is 3. The first-order chi connectivity index (χ1) is 15.2. The van der Waals surface area contributed by atoms with E-state index in [1.807, 2.05) is 83.1 Å². The highest BCUT2D eigenvalue weighted by atomic mass is 16.2. The molecule has 2 amide bonds. The van der Waals surface area contributed by atoms with Crippen LogP contribution in [0.4, 0.5) is 11.4 Å². The molecular formula is C27H32N3O2+. The van der Waals surface area contributed by atoms with Crippen LogP contribution in [-0.4, -0.2) is 18.4 Å². The van der Waals surface area contributed by atoms with Crippen molar-refractivity contribution in [3.05, 3.63) is 94.0 Å². The summed E-state index contributed by atoms with van der Waals surface area (Å²) in [7, 11) is 0. The summed E-state index contributed by atoms with van der Waals surface area (Å²) < 4.78 is 0. The van der Waals surface area contributed by atoms with E-state index in [2.05, 4.69) is 22.8 Å². The van der Waals surface area contributed by atoms with Gasteiger partial charge < -0.3 is 16.0 Å². The van der Waals surface area contributed by atoms with Crippen molar-refractivity contribution >= 4 is 23.2 Å². The minimum atomic E-state index is -0.540. The van der Waals surface area contributed by atoms with E-state index in [-0.39, 0.29) is 18.4 Å². The van der Waals surface area contributed by atoms with Gasteiger partial charge in [-0.1, -0.05) is 60.2 Å². The van der Waals surface area contributed by atoms with E-state index in [4.69, 9.17) is 0 Å². The summed E-state index contributed by atoms with van der Waals surface area (Å²) in [5.74, 6) is -0.291. The Morgan fingerprint density at radius 1 is 0.781 bits per heavy atom. The molecule has 0 aliphatic rings. The van der Waals surface area contributed by atoms with Gasteiger partial charge in [0.15, 0.2) is 12.6 Å². The SMILES string of the molecule is Cc1cc(C)c(NC(=O)C[NH2+][C@@H](C(=O)Nc2cc(C)ccc2C)c2ccccc2)c(C)c1. The first kappa shape index (κ1) is 23.2. The molecule has 0 aliphatic heterocycles. The molecule has 0 saturated carbocycles. The van der Waals surface area contributed by atoms with Gasteiger partial charge in [0.2, 0.25) is 0 Å². The summed E-state index contributed by atoms with van der Waals surface area (Å²) in [5.41, 5.74) is 7.78. The topological polar surface area (TPSA) is 74.8 Å². The first-order valence-corrected chi connectivity index (χ1v) is 10.9. The van der Waals surface area contributed by atoms with Gasteiger partial charge in [-0.15, -0.1) is 0 Å². The van der Waals surface area contributed by atoms with E-state index in [0.29, 0.717) is 0 Å². The summed E-state index contributed by atoms with van der Waals surface area (Å²) >= 11 is 0. The zero-order valence-electron chi connectivity index (χ0n) is 19.5. The Morgan fingerprint density at radius 2 is 1.44 bits per heavy atom. The second-order valence-electron chi connectivity index (χ2n) is 8.46. The van der Waals surface area contributed by atoms with Gasteiger partial charge in [-0.2, -0.15) is 0 Å². The lowest BCUT2D eigenvalue weighted by Crippen LogP contribution is -2.89. The highest BCUT2D eigenvalue weighted by molar-refractivity contribution is 5.96. The van der Waals surface area contributed by atoms with E-state index in [1.165, 1.54) is 0 Å². The third kappa shape index (κ3) is 5.83. The van der Waals surface area contributed by atoms with Crippen LogP contribution in [0.25, 0.3) is 0 Å². The van der Waals surface area contributed by atoms with Crippen molar-refractivity contribution in [3.63, 3.8) is 0 Å². The fourth-order valence-electron chi connectivity index (χ4n) is 3.93. The normalized spacial score (nSPS) is 11.7. The maximum atomic E-state index is 13.2. The second kappa shape index (κ2) is 10.2. The Labute approximate surface area is 190 Å². The molecule has 32 heavy (non-hydrogen) atoms. The number of rotatable bonds is 7. The molecule has 5 heteroatoms. The Balaban J connectivity index is 1.75. The van der Waals surface area contributed by atoms with E-state index in [9.17, 15) is 9.59 Å². The van der Waals surface area contributed by atoms with Crippen LogP contribution in [0.2, 0.25) is 0 Å². The second-order valence-corrected chi connectivity index (χ2v) is 8.46. The maximum absolute atomic E-state index is 13.2. The van der Waals surface area contributed by atoms with Gasteiger partial charge in [0.05, 0.1) is 0 Å². The Morgan fingerprint density at radius 3 is 2.09 bits per heavy atom.